The molecular formula is C12H21NO3S. The van der Waals surface area contributed by atoms with E-state index in [1.54, 1.807) is 0 Å². The standard InChI is InChI=1S/C12H21NO3S/c1-12(2,11(15)16)10(14)13-8-4-6-9(17-3)7-5-8/h8-9H,4-7H2,1-3H3,(H,13,14)(H,15,16). The number of carbonyl (C=O) groups is 2. The van der Waals surface area contributed by atoms with Crippen LogP contribution in [0.1, 0.15) is 39.5 Å². The van der Waals surface area contributed by atoms with E-state index >= 15 is 0 Å². The Bertz CT molecular complexity index is 296. The summed E-state index contributed by atoms with van der Waals surface area (Å²) in [5.41, 5.74) is -1.34. The topological polar surface area (TPSA) is 66.4 Å². The van der Waals surface area contributed by atoms with E-state index in [0.29, 0.717) is 5.25 Å². The Morgan fingerprint density at radius 3 is 2.18 bits per heavy atom. The molecule has 5 heteroatoms. The van der Waals surface area contributed by atoms with Crippen LogP contribution in [0.25, 0.3) is 0 Å². The van der Waals surface area contributed by atoms with Crippen LogP contribution in [-0.2, 0) is 9.59 Å². The highest BCUT2D eigenvalue weighted by molar-refractivity contribution is 7.99. The van der Waals surface area contributed by atoms with Gasteiger partial charge in [0.15, 0.2) is 0 Å². The summed E-state index contributed by atoms with van der Waals surface area (Å²) in [6.45, 7) is 2.89. The fourth-order valence-corrected chi connectivity index (χ4v) is 2.65. The molecule has 1 amide bonds. The normalized spacial score (nSPS) is 25.4. The highest BCUT2D eigenvalue weighted by Gasteiger charge is 2.37. The van der Waals surface area contributed by atoms with Crippen molar-refractivity contribution in [3.8, 4) is 0 Å². The predicted octanol–water partition coefficient (Wildman–Crippen LogP) is 1.89. The van der Waals surface area contributed by atoms with Gasteiger partial charge < -0.3 is 10.4 Å². The minimum absolute atomic E-state index is 0.143. The molecule has 0 unspecified atom stereocenters. The van der Waals surface area contributed by atoms with Crippen LogP contribution in [0.2, 0.25) is 0 Å². The summed E-state index contributed by atoms with van der Waals surface area (Å²) in [6, 6.07) is 0.143. The minimum atomic E-state index is -1.34. The molecule has 0 saturated heterocycles. The van der Waals surface area contributed by atoms with Gasteiger partial charge in [-0.3, -0.25) is 9.59 Å². The van der Waals surface area contributed by atoms with Crippen molar-refractivity contribution in [2.75, 3.05) is 6.26 Å². The monoisotopic (exact) mass is 259 g/mol. The number of hydrogen-bond acceptors (Lipinski definition) is 3. The van der Waals surface area contributed by atoms with Gasteiger partial charge in [0.2, 0.25) is 5.91 Å². The van der Waals surface area contributed by atoms with Gasteiger partial charge >= 0.3 is 5.97 Å². The van der Waals surface area contributed by atoms with Crippen molar-refractivity contribution in [1.82, 2.24) is 5.32 Å². The second-order valence-corrected chi connectivity index (χ2v) is 6.25. The van der Waals surface area contributed by atoms with Crippen LogP contribution >= 0.6 is 11.8 Å². The third-order valence-electron chi connectivity index (χ3n) is 3.45. The van der Waals surface area contributed by atoms with E-state index in [1.807, 2.05) is 11.8 Å². The van der Waals surface area contributed by atoms with E-state index in [2.05, 4.69) is 11.6 Å². The fraction of sp³-hybridized carbons (Fsp3) is 0.833. The lowest BCUT2D eigenvalue weighted by molar-refractivity contribution is -0.153. The summed E-state index contributed by atoms with van der Waals surface area (Å²) in [6.07, 6.45) is 6.20. The van der Waals surface area contributed by atoms with Gasteiger partial charge in [-0.05, 0) is 45.8 Å². The van der Waals surface area contributed by atoms with E-state index in [1.165, 1.54) is 13.8 Å². The summed E-state index contributed by atoms with van der Waals surface area (Å²) in [5.74, 6) is -1.45. The molecule has 0 spiro atoms. The van der Waals surface area contributed by atoms with Gasteiger partial charge in [0, 0.05) is 11.3 Å². The molecule has 0 aromatic rings. The van der Waals surface area contributed by atoms with Crippen LogP contribution in [0.3, 0.4) is 0 Å². The Labute approximate surface area is 107 Å². The molecule has 1 aliphatic rings. The van der Waals surface area contributed by atoms with Crippen LogP contribution in [0.15, 0.2) is 0 Å². The average molecular weight is 259 g/mol. The third-order valence-corrected chi connectivity index (χ3v) is 4.58. The SMILES string of the molecule is CSC1CCC(NC(=O)C(C)(C)C(=O)O)CC1. The molecule has 0 radical (unpaired) electrons. The fourth-order valence-electron chi connectivity index (χ4n) is 1.91. The molecule has 0 aromatic heterocycles. The van der Waals surface area contributed by atoms with Crippen LogP contribution in [0, 0.1) is 5.41 Å². The van der Waals surface area contributed by atoms with E-state index < -0.39 is 11.4 Å². The first-order valence-corrected chi connectivity index (χ1v) is 7.24. The molecule has 17 heavy (non-hydrogen) atoms. The van der Waals surface area contributed by atoms with Gasteiger partial charge in [0.1, 0.15) is 5.41 Å². The van der Waals surface area contributed by atoms with E-state index in [4.69, 9.17) is 5.11 Å². The molecule has 1 aliphatic carbocycles. The van der Waals surface area contributed by atoms with Gasteiger partial charge in [-0.2, -0.15) is 11.8 Å². The first-order valence-electron chi connectivity index (χ1n) is 5.95. The Morgan fingerprint density at radius 1 is 1.24 bits per heavy atom. The number of carboxylic acid groups (broad SMARTS) is 1. The van der Waals surface area contributed by atoms with Crippen molar-refractivity contribution < 1.29 is 14.7 Å². The van der Waals surface area contributed by atoms with Gasteiger partial charge in [0.25, 0.3) is 0 Å². The number of nitrogens with one attached hydrogen (secondary N) is 1. The Balaban J connectivity index is 2.46. The third kappa shape index (κ3) is 3.63. The average Bonchev–Trinajstić information content (AvgIpc) is 2.29. The first kappa shape index (κ1) is 14.4. The van der Waals surface area contributed by atoms with Gasteiger partial charge in [0.05, 0.1) is 0 Å². The Hall–Kier alpha value is -0.710. The zero-order valence-corrected chi connectivity index (χ0v) is 11.5. The van der Waals surface area contributed by atoms with Gasteiger partial charge in [-0.15, -0.1) is 0 Å². The van der Waals surface area contributed by atoms with Crippen LogP contribution in [0.5, 0.6) is 0 Å². The molecule has 2 N–H and O–H groups in total. The number of carbonyl (C=O) groups excluding carboxylic acids is 1. The molecule has 98 valence electrons. The molecule has 1 fully saturated rings. The molecule has 0 heterocycles. The molecule has 0 aromatic carbocycles. The van der Waals surface area contributed by atoms with Crippen molar-refractivity contribution in [3.63, 3.8) is 0 Å². The molecule has 0 bridgehead atoms. The van der Waals surface area contributed by atoms with Crippen LogP contribution in [0.4, 0.5) is 0 Å². The number of hydrogen-bond donors (Lipinski definition) is 2. The maximum absolute atomic E-state index is 11.8. The van der Waals surface area contributed by atoms with Gasteiger partial charge in [-0.25, -0.2) is 0 Å². The zero-order valence-electron chi connectivity index (χ0n) is 10.7. The molecule has 4 nitrogen and oxygen atoms in total. The highest BCUT2D eigenvalue weighted by atomic mass is 32.2. The zero-order chi connectivity index (χ0) is 13.1. The lowest BCUT2D eigenvalue weighted by atomic mass is 9.90. The van der Waals surface area contributed by atoms with E-state index in [9.17, 15) is 9.59 Å². The Morgan fingerprint density at radius 2 is 1.76 bits per heavy atom. The van der Waals surface area contributed by atoms with Gasteiger partial charge in [-0.1, -0.05) is 0 Å². The molecule has 0 aliphatic heterocycles. The largest absolute Gasteiger partial charge is 0.480 e. The second kappa shape index (κ2) is 5.76. The minimum Gasteiger partial charge on any atom is -0.480 e. The number of thioether (sulfide) groups is 1. The number of rotatable bonds is 4. The van der Waals surface area contributed by atoms with Crippen molar-refractivity contribution in [2.45, 2.75) is 50.8 Å². The number of aliphatic carboxylic acids is 1. The summed E-state index contributed by atoms with van der Waals surface area (Å²) in [5, 5.41) is 12.5. The number of carboxylic acids is 1. The molecular weight excluding hydrogens is 238 g/mol. The Kier molecular flexibility index (Phi) is 4.86. The maximum atomic E-state index is 11.8. The molecule has 0 atom stereocenters. The second-order valence-electron chi connectivity index (χ2n) is 5.11. The summed E-state index contributed by atoms with van der Waals surface area (Å²) in [7, 11) is 0. The smallest absolute Gasteiger partial charge is 0.318 e. The van der Waals surface area contributed by atoms with Crippen LogP contribution < -0.4 is 5.32 Å². The first-order chi connectivity index (χ1) is 7.87. The lowest BCUT2D eigenvalue weighted by Crippen LogP contribution is -2.47. The van der Waals surface area contributed by atoms with Crippen molar-refractivity contribution in [2.24, 2.45) is 5.41 Å². The van der Waals surface area contributed by atoms with E-state index in [0.717, 1.165) is 25.7 Å². The van der Waals surface area contributed by atoms with Crippen molar-refractivity contribution >= 4 is 23.6 Å². The van der Waals surface area contributed by atoms with Crippen molar-refractivity contribution in [3.05, 3.63) is 0 Å². The quantitative estimate of drug-likeness (QED) is 0.757. The summed E-state index contributed by atoms with van der Waals surface area (Å²) >= 11 is 1.87. The molecule has 1 saturated carbocycles. The van der Waals surface area contributed by atoms with Crippen LogP contribution in [-0.4, -0.2) is 34.5 Å². The highest BCUT2D eigenvalue weighted by Crippen LogP contribution is 2.27. The number of amides is 1. The molecule has 1 rings (SSSR count). The van der Waals surface area contributed by atoms with Crippen molar-refractivity contribution in [1.29, 1.82) is 0 Å². The van der Waals surface area contributed by atoms with E-state index in [-0.39, 0.29) is 11.9 Å². The summed E-state index contributed by atoms with van der Waals surface area (Å²) < 4.78 is 0. The summed E-state index contributed by atoms with van der Waals surface area (Å²) in [4.78, 5) is 22.8. The lowest BCUT2D eigenvalue weighted by Gasteiger charge is -2.30. The maximum Gasteiger partial charge on any atom is 0.318 e. The predicted molar refractivity (Wildman–Crippen MR) is 69.1 cm³/mol.